The second-order valence-corrected chi connectivity index (χ2v) is 8.67. The second-order valence-electron chi connectivity index (χ2n) is 5.64. The molecule has 1 atom stereocenters. The Morgan fingerprint density at radius 1 is 1.18 bits per heavy atom. The summed E-state index contributed by atoms with van der Waals surface area (Å²) in [5.74, 6) is 0.0915. The Hall–Kier alpha value is -2.20. The van der Waals surface area contributed by atoms with E-state index in [-0.39, 0.29) is 11.5 Å². The van der Waals surface area contributed by atoms with E-state index in [0.29, 0.717) is 6.04 Å². The highest BCUT2D eigenvalue weighted by Gasteiger charge is 2.10. The van der Waals surface area contributed by atoms with Gasteiger partial charge in [0, 0.05) is 26.1 Å². The molecular formula is C18H21NO2Si. The fourth-order valence-corrected chi connectivity index (χ4v) is 4.36. The van der Waals surface area contributed by atoms with E-state index in [1.54, 1.807) is 0 Å². The van der Waals surface area contributed by atoms with Gasteiger partial charge in [-0.05, 0) is 31.1 Å². The summed E-state index contributed by atoms with van der Waals surface area (Å²) in [5, 5.41) is 9.76. The first-order chi connectivity index (χ1) is 10.5. The molecule has 1 aromatic heterocycles. The van der Waals surface area contributed by atoms with Gasteiger partial charge in [0.1, 0.15) is 0 Å². The Morgan fingerprint density at radius 2 is 1.91 bits per heavy atom. The van der Waals surface area contributed by atoms with Crippen LogP contribution in [0, 0.1) is 0 Å². The number of pyridine rings is 1. The molecule has 114 valence electrons. The lowest BCUT2D eigenvalue weighted by Crippen LogP contribution is -2.14. The standard InChI is InChI=1S/C18H21NO2Si/c1-14(20)11-17(21)13-22(2)12-16-9-6-10-18(19-16)15-7-4-3-5-8-15/h3-11,21-22H,12-13H2,1-2H3. The van der Waals surface area contributed by atoms with Crippen molar-refractivity contribution in [1.29, 1.82) is 0 Å². The van der Waals surface area contributed by atoms with Crippen molar-refractivity contribution in [2.75, 3.05) is 0 Å². The number of ketones is 1. The number of carbonyl (C=O) groups is 1. The van der Waals surface area contributed by atoms with Crippen molar-refractivity contribution in [3.63, 3.8) is 0 Å². The first-order valence-corrected chi connectivity index (χ1v) is 10.2. The van der Waals surface area contributed by atoms with Gasteiger partial charge in [-0.1, -0.05) is 42.9 Å². The molecule has 0 aliphatic carbocycles. The van der Waals surface area contributed by atoms with Gasteiger partial charge in [-0.15, -0.1) is 0 Å². The summed E-state index contributed by atoms with van der Waals surface area (Å²) in [6.45, 7) is 3.63. The van der Waals surface area contributed by atoms with E-state index in [1.807, 2.05) is 48.5 Å². The normalized spacial score (nSPS) is 12.9. The lowest BCUT2D eigenvalue weighted by atomic mass is 10.1. The highest BCUT2D eigenvalue weighted by molar-refractivity contribution is 6.57. The molecule has 0 amide bonds. The fraction of sp³-hybridized carbons (Fsp3) is 0.222. The van der Waals surface area contributed by atoms with Crippen LogP contribution >= 0.6 is 0 Å². The van der Waals surface area contributed by atoms with Crippen molar-refractivity contribution in [3.05, 3.63) is 66.1 Å². The molecule has 0 bridgehead atoms. The molecule has 4 heteroatoms. The first kappa shape index (κ1) is 16.2. The molecule has 1 heterocycles. The van der Waals surface area contributed by atoms with Crippen LogP contribution in [-0.4, -0.2) is 24.7 Å². The third kappa shape index (κ3) is 4.97. The molecule has 0 saturated heterocycles. The number of hydrogen-bond donors (Lipinski definition) is 1. The average Bonchev–Trinajstić information content (AvgIpc) is 2.47. The minimum Gasteiger partial charge on any atom is -0.513 e. The second kappa shape index (κ2) is 7.71. The van der Waals surface area contributed by atoms with Crippen molar-refractivity contribution in [3.8, 4) is 11.3 Å². The van der Waals surface area contributed by atoms with E-state index in [4.69, 9.17) is 4.98 Å². The third-order valence-corrected chi connectivity index (χ3v) is 5.59. The van der Waals surface area contributed by atoms with Crippen LogP contribution in [-0.2, 0) is 10.8 Å². The van der Waals surface area contributed by atoms with Gasteiger partial charge in [-0.3, -0.25) is 9.78 Å². The van der Waals surface area contributed by atoms with E-state index in [0.717, 1.165) is 23.0 Å². The van der Waals surface area contributed by atoms with Crippen molar-refractivity contribution in [1.82, 2.24) is 4.98 Å². The highest BCUT2D eigenvalue weighted by Crippen LogP contribution is 2.17. The Balaban J connectivity index is 2.06. The van der Waals surface area contributed by atoms with Gasteiger partial charge in [0.15, 0.2) is 5.78 Å². The first-order valence-electron chi connectivity index (χ1n) is 7.46. The Morgan fingerprint density at radius 3 is 2.59 bits per heavy atom. The minimum absolute atomic E-state index is 0.108. The summed E-state index contributed by atoms with van der Waals surface area (Å²) in [4.78, 5) is 15.7. The molecule has 0 saturated carbocycles. The van der Waals surface area contributed by atoms with Gasteiger partial charge >= 0.3 is 0 Å². The molecular weight excluding hydrogens is 290 g/mol. The molecule has 0 fully saturated rings. The molecule has 22 heavy (non-hydrogen) atoms. The van der Waals surface area contributed by atoms with E-state index in [1.165, 1.54) is 13.0 Å². The smallest absolute Gasteiger partial charge is 0.155 e. The zero-order chi connectivity index (χ0) is 15.9. The SMILES string of the molecule is CC(=O)C=C(O)C[SiH](C)Cc1cccc(-c2ccccc2)n1. The van der Waals surface area contributed by atoms with Crippen LogP contribution in [0.25, 0.3) is 11.3 Å². The van der Waals surface area contributed by atoms with Crippen molar-refractivity contribution in [2.24, 2.45) is 0 Å². The summed E-state index contributed by atoms with van der Waals surface area (Å²) in [6, 6.07) is 17.7. The number of aliphatic hydroxyl groups excluding tert-OH is 1. The van der Waals surface area contributed by atoms with Crippen LogP contribution in [0.4, 0.5) is 0 Å². The van der Waals surface area contributed by atoms with Gasteiger partial charge in [0.25, 0.3) is 0 Å². The van der Waals surface area contributed by atoms with Gasteiger partial charge in [0.05, 0.1) is 11.5 Å². The number of carbonyl (C=O) groups excluding carboxylic acids is 1. The van der Waals surface area contributed by atoms with Crippen LogP contribution in [0.1, 0.15) is 12.6 Å². The summed E-state index contributed by atoms with van der Waals surface area (Å²) in [6.07, 6.45) is 1.32. The topological polar surface area (TPSA) is 50.2 Å². The molecule has 3 nitrogen and oxygen atoms in total. The zero-order valence-corrected chi connectivity index (χ0v) is 14.1. The number of nitrogens with zero attached hydrogens (tertiary/aromatic N) is 1. The molecule has 2 rings (SSSR count). The predicted molar refractivity (Wildman–Crippen MR) is 92.6 cm³/mol. The van der Waals surface area contributed by atoms with Gasteiger partial charge in [-0.2, -0.15) is 0 Å². The number of aromatic nitrogens is 1. The number of hydrogen-bond acceptors (Lipinski definition) is 3. The summed E-state index contributed by atoms with van der Waals surface area (Å²) >= 11 is 0. The number of aliphatic hydroxyl groups is 1. The quantitative estimate of drug-likeness (QED) is 0.502. The Labute approximate surface area is 133 Å². The predicted octanol–water partition coefficient (Wildman–Crippen LogP) is 3.72. The number of benzene rings is 1. The monoisotopic (exact) mass is 311 g/mol. The number of allylic oxidation sites excluding steroid dienone is 2. The van der Waals surface area contributed by atoms with Crippen LogP contribution in [0.2, 0.25) is 12.6 Å². The van der Waals surface area contributed by atoms with E-state index >= 15 is 0 Å². The van der Waals surface area contributed by atoms with Crippen LogP contribution in [0.5, 0.6) is 0 Å². The van der Waals surface area contributed by atoms with Crippen LogP contribution in [0.3, 0.4) is 0 Å². The van der Waals surface area contributed by atoms with Gasteiger partial charge in [-0.25, -0.2) is 0 Å². The molecule has 0 aliphatic heterocycles. The molecule has 1 N–H and O–H groups in total. The van der Waals surface area contributed by atoms with Crippen LogP contribution < -0.4 is 0 Å². The largest absolute Gasteiger partial charge is 0.513 e. The summed E-state index contributed by atoms with van der Waals surface area (Å²) in [5.41, 5.74) is 3.14. The van der Waals surface area contributed by atoms with Crippen molar-refractivity contribution < 1.29 is 9.90 Å². The molecule has 2 aromatic rings. The zero-order valence-electron chi connectivity index (χ0n) is 13.0. The van der Waals surface area contributed by atoms with Gasteiger partial charge in [0.2, 0.25) is 0 Å². The third-order valence-electron chi connectivity index (χ3n) is 3.36. The van der Waals surface area contributed by atoms with Crippen molar-refractivity contribution in [2.45, 2.75) is 25.6 Å². The van der Waals surface area contributed by atoms with E-state index < -0.39 is 8.80 Å². The van der Waals surface area contributed by atoms with E-state index in [9.17, 15) is 9.90 Å². The molecule has 0 radical (unpaired) electrons. The maximum absolute atomic E-state index is 11.0. The number of rotatable bonds is 6. The molecule has 1 aromatic carbocycles. The maximum Gasteiger partial charge on any atom is 0.155 e. The van der Waals surface area contributed by atoms with Gasteiger partial charge < -0.3 is 5.11 Å². The summed E-state index contributed by atoms with van der Waals surface area (Å²) in [7, 11) is -1.19. The Bertz CT molecular complexity index is 668. The van der Waals surface area contributed by atoms with E-state index in [2.05, 4.69) is 6.55 Å². The van der Waals surface area contributed by atoms with Crippen molar-refractivity contribution >= 4 is 14.6 Å². The Kier molecular flexibility index (Phi) is 5.66. The fourth-order valence-electron chi connectivity index (χ4n) is 2.44. The highest BCUT2D eigenvalue weighted by atomic mass is 28.3. The maximum atomic E-state index is 11.0. The molecule has 1 unspecified atom stereocenters. The van der Waals surface area contributed by atoms with Crippen LogP contribution in [0.15, 0.2) is 60.4 Å². The average molecular weight is 311 g/mol. The lowest BCUT2D eigenvalue weighted by molar-refractivity contribution is -0.112. The lowest BCUT2D eigenvalue weighted by Gasteiger charge is -2.10. The molecule has 0 aliphatic rings. The minimum atomic E-state index is -1.19. The summed E-state index contributed by atoms with van der Waals surface area (Å²) < 4.78 is 0. The molecule has 0 spiro atoms.